The van der Waals surface area contributed by atoms with E-state index in [1.807, 2.05) is 60.7 Å². The van der Waals surface area contributed by atoms with Crippen molar-refractivity contribution < 1.29 is 4.79 Å². The van der Waals surface area contributed by atoms with Crippen molar-refractivity contribution in [3.05, 3.63) is 150 Å². The molecular weight excluding hydrogens is 516 g/mol. The van der Waals surface area contributed by atoms with Crippen LogP contribution in [0.2, 0.25) is 0 Å². The molecule has 3 aromatic heterocycles. The van der Waals surface area contributed by atoms with Gasteiger partial charge in [0.1, 0.15) is 5.69 Å². The van der Waals surface area contributed by atoms with Crippen LogP contribution in [0.25, 0.3) is 55.0 Å². The number of nitriles is 1. The summed E-state index contributed by atoms with van der Waals surface area (Å²) in [6.07, 6.45) is 1.73. The smallest absolute Gasteiger partial charge is 0.212 e. The second kappa shape index (κ2) is 9.29. The molecule has 0 aliphatic heterocycles. The van der Waals surface area contributed by atoms with Crippen molar-refractivity contribution in [3.63, 3.8) is 0 Å². The Bertz CT molecular complexity index is 2280. The van der Waals surface area contributed by atoms with Gasteiger partial charge in [0.25, 0.3) is 0 Å². The number of fused-ring (bicyclic) bond motifs is 6. The van der Waals surface area contributed by atoms with Gasteiger partial charge in [-0.25, -0.2) is 0 Å². The summed E-state index contributed by atoms with van der Waals surface area (Å²) in [6, 6.07) is 44.3. The molecule has 0 amide bonds. The van der Waals surface area contributed by atoms with Crippen LogP contribution in [0, 0.1) is 11.3 Å². The second-order valence-corrected chi connectivity index (χ2v) is 10.3. The highest BCUT2D eigenvalue weighted by atomic mass is 16.1. The number of benzene rings is 5. The SMILES string of the molecule is N#Cc1cc(-n2c3ccccc3c3ccccc32)ccc1C(=O)c1ccc(-n2c3ccccc3c3ccccc32)cn1. The number of ketones is 1. The highest BCUT2D eigenvalue weighted by Crippen LogP contribution is 2.33. The van der Waals surface area contributed by atoms with Gasteiger partial charge in [0, 0.05) is 32.8 Å². The zero-order valence-electron chi connectivity index (χ0n) is 22.4. The first kappa shape index (κ1) is 23.9. The van der Waals surface area contributed by atoms with Gasteiger partial charge in [-0.15, -0.1) is 0 Å². The topological polar surface area (TPSA) is 63.6 Å². The molecule has 0 aliphatic carbocycles. The molecule has 5 nitrogen and oxygen atoms in total. The molecule has 5 aromatic carbocycles. The average molecular weight is 539 g/mol. The van der Waals surface area contributed by atoms with Crippen LogP contribution < -0.4 is 0 Å². The molecule has 0 spiro atoms. The number of hydrogen-bond donors (Lipinski definition) is 0. The van der Waals surface area contributed by atoms with Crippen molar-refractivity contribution in [2.24, 2.45) is 0 Å². The molecular formula is C37H22N4O. The molecule has 0 saturated heterocycles. The molecule has 8 rings (SSSR count). The summed E-state index contributed by atoms with van der Waals surface area (Å²) in [6.45, 7) is 0. The summed E-state index contributed by atoms with van der Waals surface area (Å²) in [5, 5.41) is 14.7. The summed E-state index contributed by atoms with van der Waals surface area (Å²) in [5.41, 5.74) is 6.88. The Morgan fingerprint density at radius 1 is 0.571 bits per heavy atom. The molecule has 5 heteroatoms. The summed E-state index contributed by atoms with van der Waals surface area (Å²) in [5.74, 6) is -0.283. The normalized spacial score (nSPS) is 11.4. The number of carbonyl (C=O) groups excluding carboxylic acids is 1. The standard InChI is InChI=1S/C37H22N4O/c38-22-24-21-25(40-33-13-5-1-9-28(33)29-10-2-6-14-34(29)40)17-19-27(24)37(42)32-20-18-26(23-39-32)41-35-15-7-3-11-30(35)31-12-4-8-16-36(31)41/h1-21,23H. The fraction of sp³-hybridized carbons (Fsp3) is 0. The zero-order chi connectivity index (χ0) is 28.2. The monoisotopic (exact) mass is 538 g/mol. The van der Waals surface area contributed by atoms with Gasteiger partial charge < -0.3 is 9.13 Å². The molecule has 0 bridgehead atoms. The third-order valence-electron chi connectivity index (χ3n) is 8.03. The molecule has 42 heavy (non-hydrogen) atoms. The van der Waals surface area contributed by atoms with Crippen LogP contribution in [-0.4, -0.2) is 19.9 Å². The van der Waals surface area contributed by atoms with Crippen LogP contribution in [0.3, 0.4) is 0 Å². The predicted octanol–water partition coefficient (Wildman–Crippen LogP) is 8.38. The largest absolute Gasteiger partial charge is 0.309 e. The first-order valence-electron chi connectivity index (χ1n) is 13.7. The molecule has 0 saturated carbocycles. The van der Waals surface area contributed by atoms with E-state index < -0.39 is 0 Å². The van der Waals surface area contributed by atoms with Gasteiger partial charge in [0.05, 0.1) is 45.6 Å². The maximum absolute atomic E-state index is 13.6. The van der Waals surface area contributed by atoms with Gasteiger partial charge in [-0.3, -0.25) is 9.78 Å². The average Bonchev–Trinajstić information content (AvgIpc) is 3.57. The minimum Gasteiger partial charge on any atom is -0.309 e. The molecule has 0 atom stereocenters. The van der Waals surface area contributed by atoms with E-state index in [9.17, 15) is 10.1 Å². The van der Waals surface area contributed by atoms with Crippen LogP contribution in [0.1, 0.15) is 21.6 Å². The van der Waals surface area contributed by atoms with Crippen molar-refractivity contribution >= 4 is 49.4 Å². The molecule has 0 unspecified atom stereocenters. The quantitative estimate of drug-likeness (QED) is 0.211. The number of nitrogens with zero attached hydrogens (tertiary/aromatic N) is 4. The highest BCUT2D eigenvalue weighted by molar-refractivity contribution is 6.11. The third-order valence-corrected chi connectivity index (χ3v) is 8.03. The van der Waals surface area contributed by atoms with Crippen LogP contribution in [0.15, 0.2) is 134 Å². The number of aromatic nitrogens is 3. The lowest BCUT2D eigenvalue weighted by Gasteiger charge is -2.11. The Kier molecular flexibility index (Phi) is 5.28. The van der Waals surface area contributed by atoms with E-state index in [-0.39, 0.29) is 5.78 Å². The van der Waals surface area contributed by atoms with Crippen molar-refractivity contribution in [3.8, 4) is 17.4 Å². The Labute approximate surface area is 241 Å². The molecule has 3 heterocycles. The van der Waals surface area contributed by atoms with E-state index in [1.54, 1.807) is 24.4 Å². The van der Waals surface area contributed by atoms with Gasteiger partial charge in [-0.2, -0.15) is 5.26 Å². The number of hydrogen-bond acceptors (Lipinski definition) is 3. The lowest BCUT2D eigenvalue weighted by molar-refractivity contribution is 0.103. The van der Waals surface area contributed by atoms with E-state index in [0.29, 0.717) is 16.8 Å². The summed E-state index contributed by atoms with van der Waals surface area (Å²) >= 11 is 0. The van der Waals surface area contributed by atoms with Crippen LogP contribution in [0.4, 0.5) is 0 Å². The third kappa shape index (κ3) is 3.49. The first-order valence-corrected chi connectivity index (χ1v) is 13.7. The number of para-hydroxylation sites is 4. The van der Waals surface area contributed by atoms with Crippen LogP contribution in [0.5, 0.6) is 0 Å². The fourth-order valence-corrected chi connectivity index (χ4v) is 6.15. The van der Waals surface area contributed by atoms with E-state index in [4.69, 9.17) is 0 Å². The van der Waals surface area contributed by atoms with Gasteiger partial charge in [-0.05, 0) is 54.6 Å². The number of carbonyl (C=O) groups is 1. The Hall–Kier alpha value is -5.99. The minimum absolute atomic E-state index is 0.283. The molecule has 196 valence electrons. The van der Waals surface area contributed by atoms with Crippen molar-refractivity contribution in [2.75, 3.05) is 0 Å². The Balaban J connectivity index is 1.20. The lowest BCUT2D eigenvalue weighted by Crippen LogP contribution is -2.08. The van der Waals surface area contributed by atoms with Gasteiger partial charge in [0.2, 0.25) is 5.78 Å². The van der Waals surface area contributed by atoms with Crippen molar-refractivity contribution in [1.82, 2.24) is 14.1 Å². The van der Waals surface area contributed by atoms with Crippen LogP contribution >= 0.6 is 0 Å². The number of pyridine rings is 1. The molecule has 0 radical (unpaired) electrons. The van der Waals surface area contributed by atoms with E-state index in [1.165, 1.54) is 0 Å². The summed E-state index contributed by atoms with van der Waals surface area (Å²) < 4.78 is 4.30. The van der Waals surface area contributed by atoms with E-state index >= 15 is 0 Å². The Morgan fingerprint density at radius 3 is 1.48 bits per heavy atom. The fourth-order valence-electron chi connectivity index (χ4n) is 6.15. The minimum atomic E-state index is -0.283. The molecule has 0 N–H and O–H groups in total. The van der Waals surface area contributed by atoms with Crippen LogP contribution in [-0.2, 0) is 0 Å². The van der Waals surface area contributed by atoms with Crippen molar-refractivity contribution in [2.45, 2.75) is 0 Å². The summed E-state index contributed by atoms with van der Waals surface area (Å²) in [7, 11) is 0. The molecule has 8 aromatic rings. The maximum Gasteiger partial charge on any atom is 0.212 e. The molecule has 0 fully saturated rings. The maximum atomic E-state index is 13.6. The van der Waals surface area contributed by atoms with E-state index in [2.05, 4.69) is 68.7 Å². The molecule has 0 aliphatic rings. The van der Waals surface area contributed by atoms with Crippen molar-refractivity contribution in [1.29, 1.82) is 5.26 Å². The second-order valence-electron chi connectivity index (χ2n) is 10.3. The van der Waals surface area contributed by atoms with E-state index in [0.717, 1.165) is 55.0 Å². The van der Waals surface area contributed by atoms with Gasteiger partial charge in [0.15, 0.2) is 0 Å². The summed E-state index contributed by atoms with van der Waals surface area (Å²) in [4.78, 5) is 18.2. The number of rotatable bonds is 4. The predicted molar refractivity (Wildman–Crippen MR) is 168 cm³/mol. The highest BCUT2D eigenvalue weighted by Gasteiger charge is 2.19. The van der Waals surface area contributed by atoms with Gasteiger partial charge in [-0.1, -0.05) is 72.8 Å². The van der Waals surface area contributed by atoms with Gasteiger partial charge >= 0.3 is 0 Å². The Morgan fingerprint density at radius 2 is 1.02 bits per heavy atom. The zero-order valence-corrected chi connectivity index (χ0v) is 22.4. The first-order chi connectivity index (χ1) is 20.7. The lowest BCUT2D eigenvalue weighted by atomic mass is 10.0.